The Balaban J connectivity index is 1.78. The van der Waals surface area contributed by atoms with Crippen LogP contribution < -0.4 is 0 Å². The number of Topliss-reactive ketones (excluding diaryl/α,β-unsaturated/α-hetero) is 3. The molecule has 0 aromatic carbocycles. The highest BCUT2D eigenvalue weighted by Crippen LogP contribution is 2.70. The van der Waals surface area contributed by atoms with Gasteiger partial charge in [0.05, 0.1) is 29.1 Å². The van der Waals surface area contributed by atoms with Gasteiger partial charge in [-0.2, -0.15) is 0 Å². The van der Waals surface area contributed by atoms with Crippen LogP contribution in [0.1, 0.15) is 93.4 Å². The summed E-state index contributed by atoms with van der Waals surface area (Å²) in [5.41, 5.74) is -4.13. The lowest BCUT2D eigenvalue weighted by atomic mass is 9.42. The summed E-state index contributed by atoms with van der Waals surface area (Å²) < 4.78 is 0. The number of aliphatic carboxylic acids is 1. The van der Waals surface area contributed by atoms with Crippen molar-refractivity contribution >= 4 is 23.3 Å². The average Bonchev–Trinajstić information content (AvgIpc) is 2.99. The van der Waals surface area contributed by atoms with Crippen LogP contribution in [0.4, 0.5) is 0 Å². The number of allylic oxidation sites excluding steroid dienone is 1. The smallest absolute Gasteiger partial charge is 0.306 e. The third-order valence-corrected chi connectivity index (χ3v) is 11.5. The molecule has 0 bridgehead atoms. The molecule has 9 atom stereocenters. The van der Waals surface area contributed by atoms with Gasteiger partial charge in [0.15, 0.2) is 5.78 Å². The number of carboxylic acid groups (broad SMARTS) is 1. The summed E-state index contributed by atoms with van der Waals surface area (Å²) in [5, 5.41) is 43.1. The first-order valence-corrected chi connectivity index (χ1v) is 13.9. The van der Waals surface area contributed by atoms with Gasteiger partial charge >= 0.3 is 5.97 Å². The first kappa shape index (κ1) is 29.1. The molecule has 0 radical (unpaired) electrons. The Hall–Kier alpha value is -1.90. The first-order chi connectivity index (χ1) is 17.2. The summed E-state index contributed by atoms with van der Waals surface area (Å²) in [7, 11) is 0. The quantitative estimate of drug-likeness (QED) is 0.407. The third-order valence-electron chi connectivity index (χ3n) is 11.5. The van der Waals surface area contributed by atoms with E-state index in [0.29, 0.717) is 24.0 Å². The predicted molar refractivity (Wildman–Crippen MR) is 139 cm³/mol. The van der Waals surface area contributed by atoms with Crippen molar-refractivity contribution in [2.24, 2.45) is 39.4 Å². The maximum Gasteiger partial charge on any atom is 0.306 e. The van der Waals surface area contributed by atoms with Crippen molar-refractivity contribution in [3.63, 3.8) is 0 Å². The summed E-state index contributed by atoms with van der Waals surface area (Å²) in [4.78, 5) is 52.1. The van der Waals surface area contributed by atoms with Gasteiger partial charge in [-0.05, 0) is 50.0 Å². The Morgan fingerprint density at radius 1 is 1.11 bits per heavy atom. The van der Waals surface area contributed by atoms with Crippen molar-refractivity contribution in [2.75, 3.05) is 0 Å². The summed E-state index contributed by atoms with van der Waals surface area (Å²) in [6.07, 6.45) is -1.21. The highest BCUT2D eigenvalue weighted by molar-refractivity contribution is 6.05. The van der Waals surface area contributed by atoms with Crippen LogP contribution in [0, 0.1) is 39.4 Å². The molecular formula is C30H44O8. The lowest BCUT2D eigenvalue weighted by Crippen LogP contribution is -2.60. The molecule has 0 aromatic heterocycles. The number of fused-ring (bicyclic) bond motifs is 4. The zero-order chi connectivity index (χ0) is 28.8. The van der Waals surface area contributed by atoms with Gasteiger partial charge in [-0.25, -0.2) is 0 Å². The van der Waals surface area contributed by atoms with Crippen LogP contribution in [0.25, 0.3) is 0 Å². The van der Waals surface area contributed by atoms with E-state index < -0.39 is 57.3 Å². The number of aliphatic hydroxyl groups excluding tert-OH is 2. The molecule has 3 unspecified atom stereocenters. The van der Waals surface area contributed by atoms with Crippen LogP contribution in [0.5, 0.6) is 0 Å². The van der Waals surface area contributed by atoms with Crippen LogP contribution >= 0.6 is 0 Å². The Bertz CT molecular complexity index is 1120. The molecule has 4 rings (SSSR count). The summed E-state index contributed by atoms with van der Waals surface area (Å²) in [6.45, 7) is 12.4. The van der Waals surface area contributed by atoms with Gasteiger partial charge < -0.3 is 20.4 Å². The lowest BCUT2D eigenvalue weighted by molar-refractivity contribution is -0.149. The molecule has 8 heteroatoms. The summed E-state index contributed by atoms with van der Waals surface area (Å²) in [6, 6.07) is 0. The van der Waals surface area contributed by atoms with Crippen LogP contribution in [0.3, 0.4) is 0 Å². The Labute approximate surface area is 224 Å². The van der Waals surface area contributed by atoms with Crippen molar-refractivity contribution in [3.8, 4) is 0 Å². The van der Waals surface area contributed by atoms with Crippen LogP contribution in [-0.2, 0) is 19.2 Å². The number of ketones is 3. The number of rotatable bonds is 6. The monoisotopic (exact) mass is 532 g/mol. The third kappa shape index (κ3) is 3.80. The molecule has 2 fully saturated rings. The molecule has 4 N–H and O–H groups in total. The second kappa shape index (κ2) is 8.80. The van der Waals surface area contributed by atoms with Gasteiger partial charge in [0.2, 0.25) is 0 Å². The normalized spacial score (nSPS) is 41.6. The minimum atomic E-state index is -1.55. The van der Waals surface area contributed by atoms with E-state index >= 15 is 0 Å². The molecule has 0 heterocycles. The van der Waals surface area contributed by atoms with Crippen LogP contribution in [0.15, 0.2) is 11.1 Å². The van der Waals surface area contributed by atoms with Gasteiger partial charge in [0.1, 0.15) is 11.6 Å². The molecule has 212 valence electrons. The number of carbonyl (C=O) groups excluding carboxylic acids is 3. The Kier molecular flexibility index (Phi) is 6.74. The molecular weight excluding hydrogens is 488 g/mol. The first-order valence-electron chi connectivity index (χ1n) is 13.9. The zero-order valence-electron chi connectivity index (χ0n) is 23.8. The fourth-order valence-corrected chi connectivity index (χ4v) is 9.16. The minimum absolute atomic E-state index is 0.0118. The molecule has 0 aliphatic heterocycles. The molecule has 0 spiro atoms. The van der Waals surface area contributed by atoms with Crippen molar-refractivity contribution in [2.45, 2.75) is 111 Å². The average molecular weight is 533 g/mol. The largest absolute Gasteiger partial charge is 0.481 e. The van der Waals surface area contributed by atoms with Crippen molar-refractivity contribution in [3.05, 3.63) is 11.1 Å². The molecule has 4 aliphatic carbocycles. The second-order valence-electron chi connectivity index (χ2n) is 14.2. The maximum atomic E-state index is 14.1. The zero-order valence-corrected chi connectivity index (χ0v) is 23.8. The van der Waals surface area contributed by atoms with E-state index in [-0.39, 0.29) is 55.4 Å². The van der Waals surface area contributed by atoms with E-state index in [1.807, 2.05) is 27.7 Å². The highest BCUT2D eigenvalue weighted by atomic mass is 16.4. The van der Waals surface area contributed by atoms with E-state index in [4.69, 9.17) is 0 Å². The number of carbonyl (C=O) groups is 4. The van der Waals surface area contributed by atoms with Crippen molar-refractivity contribution in [1.29, 1.82) is 0 Å². The fraction of sp³-hybridized carbons (Fsp3) is 0.800. The summed E-state index contributed by atoms with van der Waals surface area (Å²) in [5.74, 6) is -2.92. The van der Waals surface area contributed by atoms with Gasteiger partial charge in [-0.15, -0.1) is 0 Å². The van der Waals surface area contributed by atoms with E-state index in [0.717, 1.165) is 0 Å². The van der Waals surface area contributed by atoms with Crippen molar-refractivity contribution < 1.29 is 39.6 Å². The van der Waals surface area contributed by atoms with E-state index in [1.165, 1.54) is 6.92 Å². The fourth-order valence-electron chi connectivity index (χ4n) is 9.16. The molecule has 2 saturated carbocycles. The van der Waals surface area contributed by atoms with Gasteiger partial charge in [-0.3, -0.25) is 19.2 Å². The minimum Gasteiger partial charge on any atom is -0.481 e. The maximum absolute atomic E-state index is 14.1. The SMILES string of the molecule is CC(C[C@@H](O)C[C@](C)(O)C1CC(=O)[C@@]2(C)C3=C(C(=O)C[C@]12C)[C@@]1(C)CCC(=O)C(C)(C)C1C[C@@H]3O)C(=O)O. The highest BCUT2D eigenvalue weighted by Gasteiger charge is 2.71. The van der Waals surface area contributed by atoms with E-state index in [1.54, 1.807) is 13.8 Å². The number of carboxylic acids is 1. The molecule has 8 nitrogen and oxygen atoms in total. The lowest BCUT2D eigenvalue weighted by Gasteiger charge is -2.60. The van der Waals surface area contributed by atoms with Gasteiger partial charge in [0, 0.05) is 48.0 Å². The number of hydrogen-bond acceptors (Lipinski definition) is 7. The van der Waals surface area contributed by atoms with Gasteiger partial charge in [0.25, 0.3) is 0 Å². The van der Waals surface area contributed by atoms with Crippen LogP contribution in [0.2, 0.25) is 0 Å². The second-order valence-corrected chi connectivity index (χ2v) is 14.2. The van der Waals surface area contributed by atoms with Crippen LogP contribution in [-0.4, -0.2) is 61.6 Å². The van der Waals surface area contributed by atoms with E-state index in [2.05, 4.69) is 0 Å². The molecule has 38 heavy (non-hydrogen) atoms. The summed E-state index contributed by atoms with van der Waals surface area (Å²) >= 11 is 0. The Morgan fingerprint density at radius 3 is 2.29 bits per heavy atom. The topological polar surface area (TPSA) is 149 Å². The predicted octanol–water partition coefficient (Wildman–Crippen LogP) is 3.25. The molecule has 0 aromatic rings. The molecule has 0 saturated heterocycles. The van der Waals surface area contributed by atoms with Gasteiger partial charge in [-0.1, -0.05) is 34.6 Å². The van der Waals surface area contributed by atoms with E-state index in [9.17, 15) is 39.6 Å². The van der Waals surface area contributed by atoms with Crippen molar-refractivity contribution in [1.82, 2.24) is 0 Å². The molecule has 0 amide bonds. The Morgan fingerprint density at radius 2 is 1.71 bits per heavy atom. The standard InChI is InChI=1S/C30H44O8/c1-15(25(36)37)10-16(31)13-29(6,38)20-12-22(35)30(7)24-17(32)11-19-26(2,3)21(34)8-9-27(19,4)23(24)18(33)14-28(20,30)5/h15-17,19-20,31-32,38H,8-14H2,1-7H3,(H,36,37)/t15?,16-,17+,19?,20?,27+,28-,29+,30+/m1/s1. The number of aliphatic hydroxyl groups is 3. The number of hydrogen-bond donors (Lipinski definition) is 4. The molecule has 4 aliphatic rings.